The molecule has 2 aromatic heterocycles. The first-order valence-corrected chi connectivity index (χ1v) is 9.82. The van der Waals surface area contributed by atoms with Gasteiger partial charge in [0.1, 0.15) is 0 Å². The highest BCUT2D eigenvalue weighted by molar-refractivity contribution is 8.76. The molecule has 0 aliphatic rings. The minimum atomic E-state index is 0.0840. The highest BCUT2D eigenvalue weighted by Gasteiger charge is 2.22. The molecule has 0 aromatic carbocycles. The van der Waals surface area contributed by atoms with Gasteiger partial charge in [-0.2, -0.15) is 0 Å². The molecule has 0 aliphatic carbocycles. The van der Waals surface area contributed by atoms with Crippen LogP contribution in [0.4, 0.5) is 0 Å². The molecule has 2 heterocycles. The van der Waals surface area contributed by atoms with Crippen LogP contribution in [0.1, 0.15) is 59.4 Å². The molecule has 0 bridgehead atoms. The van der Waals surface area contributed by atoms with E-state index < -0.39 is 0 Å². The van der Waals surface area contributed by atoms with E-state index >= 15 is 0 Å². The van der Waals surface area contributed by atoms with E-state index in [1.165, 1.54) is 0 Å². The van der Waals surface area contributed by atoms with Crippen molar-refractivity contribution in [2.24, 2.45) is 0 Å². The molecule has 0 amide bonds. The van der Waals surface area contributed by atoms with Gasteiger partial charge in [0.25, 0.3) is 0 Å². The van der Waals surface area contributed by atoms with Crippen LogP contribution in [-0.4, -0.2) is 37.7 Å². The van der Waals surface area contributed by atoms with E-state index in [0.717, 1.165) is 44.3 Å². The molecular formula is C14H6O6S4. The fourth-order valence-electron chi connectivity index (χ4n) is 1.74. The molecule has 0 N–H and O–H groups in total. The molecule has 0 spiro atoms. The maximum absolute atomic E-state index is 11.2. The van der Waals surface area contributed by atoms with Crippen LogP contribution in [0.25, 0.3) is 0 Å². The smallest absolute Gasteiger partial charge is 0.161 e. The molecule has 0 saturated heterocycles. The van der Waals surface area contributed by atoms with Crippen molar-refractivity contribution >= 4 is 82.0 Å². The molecule has 0 saturated carbocycles. The summed E-state index contributed by atoms with van der Waals surface area (Å²) in [7, 11) is 1.95. The minimum absolute atomic E-state index is 0.0840. The number of carbonyl (C=O) groups excluding carboxylic acids is 6. The zero-order valence-corrected chi connectivity index (χ0v) is 14.8. The van der Waals surface area contributed by atoms with E-state index in [1.807, 2.05) is 0 Å². The van der Waals surface area contributed by atoms with Crippen LogP contribution >= 0.6 is 44.3 Å². The number of thiophene rings is 2. The monoisotopic (exact) mass is 398 g/mol. The lowest BCUT2D eigenvalue weighted by Crippen LogP contribution is -1.88. The lowest BCUT2D eigenvalue weighted by Gasteiger charge is -2.02. The van der Waals surface area contributed by atoms with Crippen LogP contribution in [-0.2, 0) is 0 Å². The molecule has 0 unspecified atom stereocenters. The van der Waals surface area contributed by atoms with Crippen molar-refractivity contribution in [2.45, 2.75) is 9.79 Å². The van der Waals surface area contributed by atoms with E-state index in [4.69, 9.17) is 0 Å². The number of hydrogen-bond donors (Lipinski definition) is 0. The molecule has 0 atom stereocenters. The van der Waals surface area contributed by atoms with Gasteiger partial charge in [0.15, 0.2) is 37.7 Å². The predicted molar refractivity (Wildman–Crippen MR) is 92.7 cm³/mol. The van der Waals surface area contributed by atoms with Gasteiger partial charge >= 0.3 is 0 Å². The van der Waals surface area contributed by atoms with Gasteiger partial charge in [-0.15, -0.1) is 22.7 Å². The van der Waals surface area contributed by atoms with Crippen molar-refractivity contribution in [1.82, 2.24) is 0 Å². The Balaban J connectivity index is 2.45. The molecule has 2 aromatic rings. The summed E-state index contributed by atoms with van der Waals surface area (Å²) in [6.07, 6.45) is 2.97. The fraction of sp³-hybridized carbons (Fsp3) is 0. The summed E-state index contributed by atoms with van der Waals surface area (Å²) < 4.78 is 0. The van der Waals surface area contributed by atoms with Crippen LogP contribution in [0, 0.1) is 0 Å². The number of hydrogen-bond acceptors (Lipinski definition) is 10. The van der Waals surface area contributed by atoms with Gasteiger partial charge in [0.05, 0.1) is 40.4 Å². The van der Waals surface area contributed by atoms with Crippen LogP contribution < -0.4 is 0 Å². The van der Waals surface area contributed by atoms with Crippen molar-refractivity contribution in [3.63, 3.8) is 0 Å². The fourth-order valence-corrected chi connectivity index (χ4v) is 6.78. The SMILES string of the molecule is O=Cc1sc(C=O)c(SSc2c(C=O)sc(C=O)c2C=O)c1C=O. The standard InChI is InChI=1S/C14H6O6S4/c15-1-7-9(3-17)21-11(5-19)13(7)23-24-14-8(2-16)10(4-18)22-12(14)6-20/h1-6H. The molecule has 10 heteroatoms. The zero-order chi connectivity index (χ0) is 17.7. The van der Waals surface area contributed by atoms with Gasteiger partial charge in [-0.25, -0.2) is 0 Å². The average Bonchev–Trinajstić information content (AvgIpc) is 3.15. The highest BCUT2D eigenvalue weighted by atomic mass is 33.1. The minimum Gasteiger partial charge on any atom is -0.298 e. The number of rotatable bonds is 9. The Bertz CT molecular complexity index is 778. The molecule has 0 radical (unpaired) electrons. The van der Waals surface area contributed by atoms with Crippen molar-refractivity contribution in [3.05, 3.63) is 30.6 Å². The summed E-state index contributed by atoms with van der Waals surface area (Å²) in [5.41, 5.74) is 0.168. The summed E-state index contributed by atoms with van der Waals surface area (Å²) in [5.74, 6) is 0. The molecule has 0 aliphatic heterocycles. The molecule has 122 valence electrons. The van der Waals surface area contributed by atoms with E-state index in [2.05, 4.69) is 0 Å². The third-order valence-corrected chi connectivity index (χ3v) is 7.70. The van der Waals surface area contributed by atoms with Crippen LogP contribution in [0.2, 0.25) is 0 Å². The third-order valence-electron chi connectivity index (χ3n) is 2.78. The van der Waals surface area contributed by atoms with E-state index in [9.17, 15) is 28.8 Å². The number of carbonyl (C=O) groups is 6. The van der Waals surface area contributed by atoms with Gasteiger partial charge < -0.3 is 0 Å². The lowest BCUT2D eigenvalue weighted by molar-refractivity contribution is 0.109. The second-order valence-electron chi connectivity index (χ2n) is 4.02. The summed E-state index contributed by atoms with van der Waals surface area (Å²) in [4.78, 5) is 67.8. The normalized spacial score (nSPS) is 10.2. The van der Waals surface area contributed by atoms with Gasteiger partial charge in [-0.05, 0) is 0 Å². The first-order chi connectivity index (χ1) is 11.6. The van der Waals surface area contributed by atoms with Crippen molar-refractivity contribution in [1.29, 1.82) is 0 Å². The van der Waals surface area contributed by atoms with Crippen LogP contribution in [0.3, 0.4) is 0 Å². The Morgan fingerprint density at radius 1 is 0.500 bits per heavy atom. The first-order valence-electron chi connectivity index (χ1n) is 6.04. The number of aldehydes is 6. The Morgan fingerprint density at radius 2 is 0.833 bits per heavy atom. The summed E-state index contributed by atoms with van der Waals surface area (Å²) in [5, 5.41) is 0. The van der Waals surface area contributed by atoms with E-state index in [0.29, 0.717) is 37.7 Å². The van der Waals surface area contributed by atoms with Crippen LogP contribution in [0.5, 0.6) is 0 Å². The second-order valence-corrected chi connectivity index (χ2v) is 8.34. The summed E-state index contributed by atoms with van der Waals surface area (Å²) >= 11 is 1.76. The van der Waals surface area contributed by atoms with Crippen molar-refractivity contribution in [2.75, 3.05) is 0 Å². The molecular weight excluding hydrogens is 392 g/mol. The average molecular weight is 398 g/mol. The van der Waals surface area contributed by atoms with Gasteiger partial charge in [0, 0.05) is 0 Å². The lowest BCUT2D eigenvalue weighted by atomic mass is 10.3. The molecule has 2 rings (SSSR count). The van der Waals surface area contributed by atoms with Crippen molar-refractivity contribution < 1.29 is 28.8 Å². The van der Waals surface area contributed by atoms with Gasteiger partial charge in [0.2, 0.25) is 0 Å². The Kier molecular flexibility index (Phi) is 6.37. The van der Waals surface area contributed by atoms with Gasteiger partial charge in [-0.1, -0.05) is 21.6 Å². The maximum Gasteiger partial charge on any atom is 0.161 e. The molecule has 6 nitrogen and oxygen atoms in total. The summed E-state index contributed by atoms with van der Waals surface area (Å²) in [6.45, 7) is 0. The van der Waals surface area contributed by atoms with Gasteiger partial charge in [-0.3, -0.25) is 28.8 Å². The Morgan fingerprint density at radius 3 is 1.08 bits per heavy atom. The van der Waals surface area contributed by atoms with E-state index in [-0.39, 0.29) is 40.4 Å². The highest BCUT2D eigenvalue weighted by Crippen LogP contribution is 2.47. The molecule has 0 fully saturated rings. The van der Waals surface area contributed by atoms with Crippen molar-refractivity contribution in [3.8, 4) is 0 Å². The third kappa shape index (κ3) is 3.31. The summed E-state index contributed by atoms with van der Waals surface area (Å²) in [6, 6.07) is 0. The zero-order valence-electron chi connectivity index (χ0n) is 11.5. The van der Waals surface area contributed by atoms with Crippen LogP contribution in [0.15, 0.2) is 9.79 Å². The Hall–Kier alpha value is -1.88. The Labute approximate surface area is 151 Å². The quantitative estimate of drug-likeness (QED) is 0.467. The predicted octanol–water partition coefficient (Wildman–Crippen LogP) is 3.48. The topological polar surface area (TPSA) is 102 Å². The molecule has 24 heavy (non-hydrogen) atoms. The largest absolute Gasteiger partial charge is 0.298 e. The second kappa shape index (κ2) is 8.29. The first kappa shape index (κ1) is 18.5. The maximum atomic E-state index is 11.2. The van der Waals surface area contributed by atoms with E-state index in [1.54, 1.807) is 0 Å².